The number of aromatic nitrogens is 2. The van der Waals surface area contributed by atoms with E-state index in [1.807, 2.05) is 30.5 Å². The molecule has 3 aromatic rings. The molecule has 0 spiro atoms. The number of aromatic amines is 1. The number of carboxylic acid groups (broad SMARTS) is 1. The first kappa shape index (κ1) is 20.5. The van der Waals surface area contributed by atoms with E-state index in [2.05, 4.69) is 20.6 Å². The Bertz CT molecular complexity index is 938. The number of furan rings is 1. The van der Waals surface area contributed by atoms with Gasteiger partial charge in [-0.05, 0) is 54.8 Å². The summed E-state index contributed by atoms with van der Waals surface area (Å²) >= 11 is 1.53. The molecule has 1 unspecified atom stereocenters. The minimum Gasteiger partial charge on any atom is -0.480 e. The molecule has 0 saturated carbocycles. The third kappa shape index (κ3) is 5.64. The van der Waals surface area contributed by atoms with Gasteiger partial charge in [-0.2, -0.15) is 11.8 Å². The third-order valence-electron chi connectivity index (χ3n) is 4.25. The van der Waals surface area contributed by atoms with Crippen LogP contribution < -0.4 is 10.6 Å². The maximum Gasteiger partial charge on any atom is 0.326 e. The number of hydrogen-bond donors (Lipinski definition) is 4. The van der Waals surface area contributed by atoms with Crippen LogP contribution in [-0.2, 0) is 11.3 Å². The van der Waals surface area contributed by atoms with Gasteiger partial charge >= 0.3 is 5.97 Å². The Morgan fingerprint density at radius 2 is 2.03 bits per heavy atom. The van der Waals surface area contributed by atoms with E-state index in [4.69, 9.17) is 4.42 Å². The highest BCUT2D eigenvalue weighted by Crippen LogP contribution is 2.24. The number of hydrogen-bond acceptors (Lipinski definition) is 6. The number of amides is 1. The lowest BCUT2D eigenvalue weighted by molar-refractivity contribution is -0.139. The Labute approximate surface area is 172 Å². The van der Waals surface area contributed by atoms with Crippen LogP contribution in [0.1, 0.15) is 22.7 Å². The van der Waals surface area contributed by atoms with Crippen LogP contribution in [0.25, 0.3) is 11.3 Å². The Hall–Kier alpha value is -3.20. The zero-order chi connectivity index (χ0) is 20.6. The van der Waals surface area contributed by atoms with E-state index in [0.717, 1.165) is 16.9 Å². The van der Waals surface area contributed by atoms with E-state index in [1.54, 1.807) is 24.7 Å². The highest BCUT2D eigenvalue weighted by molar-refractivity contribution is 7.98. The Balaban J connectivity index is 1.61. The van der Waals surface area contributed by atoms with Crippen LogP contribution in [0.2, 0.25) is 0 Å². The molecular weight excluding hydrogens is 392 g/mol. The van der Waals surface area contributed by atoms with Crippen molar-refractivity contribution in [1.29, 1.82) is 0 Å². The second-order valence-corrected chi connectivity index (χ2v) is 7.30. The first-order valence-electron chi connectivity index (χ1n) is 9.01. The van der Waals surface area contributed by atoms with E-state index in [1.165, 1.54) is 11.8 Å². The van der Waals surface area contributed by atoms with Gasteiger partial charge in [-0.15, -0.1) is 0 Å². The molecule has 0 bridgehead atoms. The molecule has 0 aliphatic rings. The van der Waals surface area contributed by atoms with Gasteiger partial charge in [-0.3, -0.25) is 4.79 Å². The lowest BCUT2D eigenvalue weighted by Crippen LogP contribution is -2.41. The van der Waals surface area contributed by atoms with Crippen LogP contribution in [0.3, 0.4) is 0 Å². The average molecular weight is 414 g/mol. The molecule has 152 valence electrons. The smallest absolute Gasteiger partial charge is 0.326 e. The van der Waals surface area contributed by atoms with Gasteiger partial charge in [0.15, 0.2) is 5.76 Å². The summed E-state index contributed by atoms with van der Waals surface area (Å²) in [6.45, 7) is 0.631. The molecule has 1 amide bonds. The molecule has 29 heavy (non-hydrogen) atoms. The van der Waals surface area contributed by atoms with E-state index in [0.29, 0.717) is 24.5 Å². The minimum absolute atomic E-state index is 0.0804. The van der Waals surface area contributed by atoms with Crippen molar-refractivity contribution in [2.24, 2.45) is 0 Å². The quantitative estimate of drug-likeness (QED) is 0.402. The molecular formula is C20H22N4O4S. The number of aliphatic carboxylic acids is 1. The van der Waals surface area contributed by atoms with E-state index < -0.39 is 17.9 Å². The van der Waals surface area contributed by atoms with Crippen molar-refractivity contribution in [1.82, 2.24) is 15.3 Å². The number of thioether (sulfide) groups is 1. The number of carboxylic acids is 1. The number of benzene rings is 1. The maximum atomic E-state index is 12.3. The van der Waals surface area contributed by atoms with Crippen LogP contribution in [0.15, 0.2) is 53.3 Å². The predicted octanol–water partition coefficient (Wildman–Crippen LogP) is 3.22. The topological polar surface area (TPSA) is 120 Å². The fourth-order valence-electron chi connectivity index (χ4n) is 2.67. The van der Waals surface area contributed by atoms with E-state index >= 15 is 0 Å². The number of rotatable bonds is 10. The Morgan fingerprint density at radius 1 is 1.24 bits per heavy atom. The summed E-state index contributed by atoms with van der Waals surface area (Å²) in [6, 6.07) is 9.89. The lowest BCUT2D eigenvalue weighted by atomic mass is 10.1. The number of carbonyl (C=O) groups excluding carboxylic acids is 1. The van der Waals surface area contributed by atoms with Crippen molar-refractivity contribution < 1.29 is 19.1 Å². The molecule has 9 heteroatoms. The lowest BCUT2D eigenvalue weighted by Gasteiger charge is -2.12. The van der Waals surface area contributed by atoms with Crippen molar-refractivity contribution in [3.63, 3.8) is 0 Å². The largest absolute Gasteiger partial charge is 0.480 e. The van der Waals surface area contributed by atoms with Gasteiger partial charge < -0.3 is 25.1 Å². The van der Waals surface area contributed by atoms with Gasteiger partial charge in [-0.25, -0.2) is 9.78 Å². The molecule has 4 N–H and O–H groups in total. The zero-order valence-electron chi connectivity index (χ0n) is 15.8. The number of nitrogens with zero attached hydrogens (tertiary/aromatic N) is 1. The summed E-state index contributed by atoms with van der Waals surface area (Å²) in [5.41, 5.74) is 2.73. The number of H-pyrrole nitrogens is 1. The summed E-state index contributed by atoms with van der Waals surface area (Å²) in [5, 5.41) is 15.0. The summed E-state index contributed by atoms with van der Waals surface area (Å²) in [6.07, 6.45) is 5.62. The molecule has 2 aromatic heterocycles. The fraction of sp³-hybridized carbons (Fsp3) is 0.250. The molecule has 2 heterocycles. The third-order valence-corrected chi connectivity index (χ3v) is 4.90. The maximum absolute atomic E-state index is 12.3. The molecule has 0 aliphatic heterocycles. The molecule has 0 aliphatic carbocycles. The van der Waals surface area contributed by atoms with Gasteiger partial charge in [0.2, 0.25) is 0 Å². The SMILES string of the molecule is CSCCC(NC(=O)c1ccc(-c2ccc(NCc3cnc[nH]3)cc2)o1)C(=O)O. The highest BCUT2D eigenvalue weighted by atomic mass is 32.2. The van der Waals surface area contributed by atoms with Gasteiger partial charge in [-0.1, -0.05) is 0 Å². The van der Waals surface area contributed by atoms with Gasteiger partial charge in [0.05, 0.1) is 18.6 Å². The van der Waals surface area contributed by atoms with Crippen molar-refractivity contribution in [3.8, 4) is 11.3 Å². The molecule has 1 atom stereocenters. The van der Waals surface area contributed by atoms with Gasteiger partial charge in [0, 0.05) is 17.4 Å². The van der Waals surface area contributed by atoms with Crippen LogP contribution in [0.4, 0.5) is 5.69 Å². The normalized spacial score (nSPS) is 11.8. The van der Waals surface area contributed by atoms with E-state index in [9.17, 15) is 14.7 Å². The van der Waals surface area contributed by atoms with Crippen molar-refractivity contribution in [3.05, 3.63) is 60.4 Å². The highest BCUT2D eigenvalue weighted by Gasteiger charge is 2.22. The number of anilines is 1. The Kier molecular flexibility index (Phi) is 6.96. The molecule has 8 nitrogen and oxygen atoms in total. The Morgan fingerprint density at radius 3 is 2.69 bits per heavy atom. The average Bonchev–Trinajstić information content (AvgIpc) is 3.41. The van der Waals surface area contributed by atoms with Gasteiger partial charge in [0.25, 0.3) is 5.91 Å². The van der Waals surface area contributed by atoms with Crippen molar-refractivity contribution in [2.45, 2.75) is 19.0 Å². The van der Waals surface area contributed by atoms with Crippen molar-refractivity contribution >= 4 is 29.3 Å². The first-order valence-corrected chi connectivity index (χ1v) is 10.4. The fourth-order valence-corrected chi connectivity index (χ4v) is 3.14. The monoisotopic (exact) mass is 414 g/mol. The summed E-state index contributed by atoms with van der Waals surface area (Å²) in [4.78, 5) is 30.6. The molecule has 1 aromatic carbocycles. The van der Waals surface area contributed by atoms with Crippen LogP contribution >= 0.6 is 11.8 Å². The number of nitrogens with one attached hydrogen (secondary N) is 3. The summed E-state index contributed by atoms with van der Waals surface area (Å²) in [5.74, 6) is -0.343. The van der Waals surface area contributed by atoms with Crippen LogP contribution in [0.5, 0.6) is 0 Å². The minimum atomic E-state index is -1.06. The predicted molar refractivity (Wildman–Crippen MR) is 112 cm³/mol. The summed E-state index contributed by atoms with van der Waals surface area (Å²) in [7, 11) is 0. The number of imidazole rings is 1. The number of carbonyl (C=O) groups is 2. The van der Waals surface area contributed by atoms with Crippen LogP contribution in [0, 0.1) is 0 Å². The zero-order valence-corrected chi connectivity index (χ0v) is 16.7. The van der Waals surface area contributed by atoms with E-state index in [-0.39, 0.29) is 5.76 Å². The molecule has 0 fully saturated rings. The van der Waals surface area contributed by atoms with Gasteiger partial charge in [0.1, 0.15) is 11.8 Å². The summed E-state index contributed by atoms with van der Waals surface area (Å²) < 4.78 is 5.63. The second kappa shape index (κ2) is 9.83. The standard InChI is InChI=1S/C20H22N4O4S/c1-29-9-8-16(20(26)27)24-19(25)18-7-6-17(28-18)13-2-4-14(5-3-13)22-11-15-10-21-12-23-15/h2-7,10,12,16,22H,8-9,11H2,1H3,(H,21,23)(H,24,25)(H,26,27). The van der Waals surface area contributed by atoms with Crippen molar-refractivity contribution in [2.75, 3.05) is 17.3 Å². The van der Waals surface area contributed by atoms with Crippen LogP contribution in [-0.4, -0.2) is 45.0 Å². The molecule has 0 saturated heterocycles. The molecule has 3 rings (SSSR count). The first-order chi connectivity index (χ1) is 14.1. The second-order valence-electron chi connectivity index (χ2n) is 6.32. The molecule has 0 radical (unpaired) electrons.